The Morgan fingerprint density at radius 2 is 2.00 bits per heavy atom. The first-order chi connectivity index (χ1) is 11.6. The Kier molecular flexibility index (Phi) is 10.0. The van der Waals surface area contributed by atoms with E-state index in [0.29, 0.717) is 6.54 Å². The number of halogens is 1. The van der Waals surface area contributed by atoms with E-state index in [-0.39, 0.29) is 24.0 Å². The molecular formula is C19H29IN4S. The number of aliphatic imine (C=N–C) groups is 1. The average Bonchev–Trinajstić information content (AvgIpc) is 2.92. The molecule has 0 bridgehead atoms. The van der Waals surface area contributed by atoms with E-state index >= 15 is 0 Å². The molecule has 1 aromatic heterocycles. The Morgan fingerprint density at radius 3 is 2.64 bits per heavy atom. The van der Waals surface area contributed by atoms with E-state index in [4.69, 9.17) is 4.98 Å². The summed E-state index contributed by atoms with van der Waals surface area (Å²) >= 11 is 1.80. The molecule has 1 aromatic carbocycles. The highest BCUT2D eigenvalue weighted by molar-refractivity contribution is 14.0. The fourth-order valence-electron chi connectivity index (χ4n) is 2.53. The number of nitrogens with zero attached hydrogens (tertiary/aromatic N) is 2. The maximum absolute atomic E-state index is 4.69. The molecule has 0 saturated carbocycles. The van der Waals surface area contributed by atoms with Gasteiger partial charge in [0.2, 0.25) is 0 Å². The molecule has 25 heavy (non-hydrogen) atoms. The van der Waals surface area contributed by atoms with E-state index < -0.39 is 0 Å². The van der Waals surface area contributed by atoms with Crippen LogP contribution in [0.15, 0.2) is 29.3 Å². The van der Waals surface area contributed by atoms with Gasteiger partial charge < -0.3 is 10.6 Å². The Bertz CT molecular complexity index is 682. The summed E-state index contributed by atoms with van der Waals surface area (Å²) in [5, 5.41) is 7.91. The number of aryl methyl sites for hydroxylation is 3. The van der Waals surface area contributed by atoms with Crippen LogP contribution in [0.4, 0.5) is 0 Å². The normalized spacial score (nSPS) is 11.1. The van der Waals surface area contributed by atoms with Crippen molar-refractivity contribution >= 4 is 41.3 Å². The maximum atomic E-state index is 4.69. The Balaban J connectivity index is 0.00000312. The van der Waals surface area contributed by atoms with Crippen LogP contribution in [0.1, 0.15) is 40.6 Å². The van der Waals surface area contributed by atoms with Gasteiger partial charge in [0.05, 0.1) is 17.2 Å². The lowest BCUT2D eigenvalue weighted by atomic mass is 10.1. The second-order valence-electron chi connectivity index (χ2n) is 5.83. The van der Waals surface area contributed by atoms with Crippen molar-refractivity contribution in [2.75, 3.05) is 13.1 Å². The molecule has 0 atom stereocenters. The van der Waals surface area contributed by atoms with Crippen LogP contribution in [0, 0.1) is 13.8 Å². The van der Waals surface area contributed by atoms with Crippen molar-refractivity contribution in [3.05, 3.63) is 51.0 Å². The number of guanidine groups is 1. The number of aromatic nitrogens is 1. The first-order valence-electron chi connectivity index (χ1n) is 8.65. The van der Waals surface area contributed by atoms with Gasteiger partial charge in [0.15, 0.2) is 5.96 Å². The molecule has 0 spiro atoms. The zero-order valence-electron chi connectivity index (χ0n) is 15.6. The highest BCUT2D eigenvalue weighted by Crippen LogP contribution is 2.17. The van der Waals surface area contributed by atoms with Gasteiger partial charge in [0, 0.05) is 24.4 Å². The molecule has 2 N–H and O–H groups in total. The molecule has 0 fully saturated rings. The van der Waals surface area contributed by atoms with Crippen molar-refractivity contribution in [2.24, 2.45) is 4.99 Å². The Labute approximate surface area is 172 Å². The first-order valence-corrected chi connectivity index (χ1v) is 9.47. The van der Waals surface area contributed by atoms with Gasteiger partial charge in [-0.3, -0.25) is 0 Å². The molecule has 2 rings (SSSR count). The van der Waals surface area contributed by atoms with E-state index in [2.05, 4.69) is 67.6 Å². The third-order valence-corrected chi connectivity index (χ3v) is 4.82. The molecule has 0 unspecified atom stereocenters. The number of rotatable bonds is 7. The van der Waals surface area contributed by atoms with Crippen LogP contribution in [-0.2, 0) is 19.4 Å². The molecule has 0 saturated heterocycles. The first kappa shape index (κ1) is 21.9. The predicted octanol–water partition coefficient (Wildman–Crippen LogP) is 4.24. The van der Waals surface area contributed by atoms with Crippen molar-refractivity contribution in [1.29, 1.82) is 0 Å². The summed E-state index contributed by atoms with van der Waals surface area (Å²) in [6.45, 7) is 10.9. The highest BCUT2D eigenvalue weighted by atomic mass is 127. The van der Waals surface area contributed by atoms with Crippen molar-refractivity contribution in [2.45, 2.75) is 47.1 Å². The molecule has 2 aromatic rings. The molecule has 6 heteroatoms. The lowest BCUT2D eigenvalue weighted by Crippen LogP contribution is -2.38. The largest absolute Gasteiger partial charge is 0.357 e. The van der Waals surface area contributed by atoms with Crippen LogP contribution in [0.25, 0.3) is 0 Å². The SMILES string of the molecule is CCNC(=NCc1cccc(C)c1)NCCc1nc(CC)c(C)s1.I. The Hall–Kier alpha value is -1.15. The monoisotopic (exact) mass is 472 g/mol. The fourth-order valence-corrected chi connectivity index (χ4v) is 3.55. The van der Waals surface area contributed by atoms with Crippen molar-refractivity contribution in [3.63, 3.8) is 0 Å². The van der Waals surface area contributed by atoms with Crippen molar-refractivity contribution < 1.29 is 0 Å². The van der Waals surface area contributed by atoms with Gasteiger partial charge in [-0.1, -0.05) is 36.8 Å². The topological polar surface area (TPSA) is 49.3 Å². The van der Waals surface area contributed by atoms with E-state index in [9.17, 15) is 0 Å². The van der Waals surface area contributed by atoms with E-state index in [1.54, 1.807) is 11.3 Å². The minimum absolute atomic E-state index is 0. The number of hydrogen-bond acceptors (Lipinski definition) is 3. The Morgan fingerprint density at radius 1 is 1.20 bits per heavy atom. The van der Waals surface area contributed by atoms with Gasteiger partial charge in [0.25, 0.3) is 0 Å². The quantitative estimate of drug-likeness (QED) is 0.360. The number of hydrogen-bond donors (Lipinski definition) is 2. The molecule has 0 aliphatic heterocycles. The van der Waals surface area contributed by atoms with Crippen LogP contribution in [0.5, 0.6) is 0 Å². The van der Waals surface area contributed by atoms with Gasteiger partial charge >= 0.3 is 0 Å². The van der Waals surface area contributed by atoms with Gasteiger partial charge in [-0.05, 0) is 32.8 Å². The third-order valence-electron chi connectivity index (χ3n) is 3.75. The van der Waals surface area contributed by atoms with Gasteiger partial charge in [0.1, 0.15) is 0 Å². The van der Waals surface area contributed by atoms with E-state index in [0.717, 1.165) is 31.9 Å². The molecule has 138 valence electrons. The fraction of sp³-hybridized carbons (Fsp3) is 0.474. The minimum atomic E-state index is 0. The summed E-state index contributed by atoms with van der Waals surface area (Å²) in [5.41, 5.74) is 3.73. The van der Waals surface area contributed by atoms with Crippen LogP contribution >= 0.6 is 35.3 Å². The molecule has 4 nitrogen and oxygen atoms in total. The highest BCUT2D eigenvalue weighted by Gasteiger charge is 2.06. The second-order valence-corrected chi connectivity index (χ2v) is 7.11. The molecule has 1 heterocycles. The molecule has 0 aliphatic rings. The lowest BCUT2D eigenvalue weighted by molar-refractivity contribution is 0.794. The smallest absolute Gasteiger partial charge is 0.191 e. The molecule has 0 amide bonds. The average molecular weight is 472 g/mol. The standard InChI is InChI=1S/C19H28N4S.HI/c1-5-17-15(4)24-18(23-17)10-11-21-19(20-6-2)22-13-16-9-7-8-14(3)12-16;/h7-9,12H,5-6,10-11,13H2,1-4H3,(H2,20,21,22);1H. The number of benzene rings is 1. The zero-order valence-corrected chi connectivity index (χ0v) is 18.7. The number of nitrogens with one attached hydrogen (secondary N) is 2. The maximum Gasteiger partial charge on any atom is 0.191 e. The summed E-state index contributed by atoms with van der Waals surface area (Å²) in [7, 11) is 0. The van der Waals surface area contributed by atoms with Crippen molar-refractivity contribution in [1.82, 2.24) is 15.6 Å². The van der Waals surface area contributed by atoms with E-state index in [1.807, 2.05) is 0 Å². The van der Waals surface area contributed by atoms with Crippen LogP contribution in [0.2, 0.25) is 0 Å². The van der Waals surface area contributed by atoms with Crippen LogP contribution < -0.4 is 10.6 Å². The van der Waals surface area contributed by atoms with Gasteiger partial charge in [-0.15, -0.1) is 35.3 Å². The van der Waals surface area contributed by atoms with Crippen LogP contribution in [0.3, 0.4) is 0 Å². The third kappa shape index (κ3) is 7.32. The summed E-state index contributed by atoms with van der Waals surface area (Å²) in [4.78, 5) is 10.7. The summed E-state index contributed by atoms with van der Waals surface area (Å²) in [6, 6.07) is 8.48. The summed E-state index contributed by atoms with van der Waals surface area (Å²) in [6.07, 6.45) is 1.94. The van der Waals surface area contributed by atoms with E-state index in [1.165, 1.54) is 26.7 Å². The zero-order chi connectivity index (χ0) is 17.4. The number of thiazole rings is 1. The lowest BCUT2D eigenvalue weighted by Gasteiger charge is -2.10. The second kappa shape index (κ2) is 11.5. The molecule has 0 radical (unpaired) electrons. The predicted molar refractivity (Wildman–Crippen MR) is 119 cm³/mol. The molecule has 0 aliphatic carbocycles. The van der Waals surface area contributed by atoms with Gasteiger partial charge in [-0.2, -0.15) is 0 Å². The minimum Gasteiger partial charge on any atom is -0.357 e. The summed E-state index contributed by atoms with van der Waals surface area (Å²) < 4.78 is 0. The summed E-state index contributed by atoms with van der Waals surface area (Å²) in [5.74, 6) is 0.864. The van der Waals surface area contributed by atoms with Crippen molar-refractivity contribution in [3.8, 4) is 0 Å². The van der Waals surface area contributed by atoms with Gasteiger partial charge in [-0.25, -0.2) is 9.98 Å². The molecular weight excluding hydrogens is 443 g/mol. The van der Waals surface area contributed by atoms with Crippen LogP contribution in [-0.4, -0.2) is 24.0 Å².